The first-order valence-electron chi connectivity index (χ1n) is 6.19. The van der Waals surface area contributed by atoms with E-state index >= 15 is 0 Å². The van der Waals surface area contributed by atoms with E-state index in [4.69, 9.17) is 10.00 Å². The molecular formula is C15H15N3O. The number of hydrogen-bond acceptors (Lipinski definition) is 4. The van der Waals surface area contributed by atoms with Gasteiger partial charge < -0.3 is 10.1 Å². The van der Waals surface area contributed by atoms with Gasteiger partial charge in [-0.2, -0.15) is 5.26 Å². The van der Waals surface area contributed by atoms with E-state index in [1.54, 1.807) is 12.1 Å². The minimum Gasteiger partial charge on any atom is -0.494 e. The summed E-state index contributed by atoms with van der Waals surface area (Å²) >= 11 is 0. The maximum atomic E-state index is 8.81. The topological polar surface area (TPSA) is 57.9 Å². The van der Waals surface area contributed by atoms with E-state index in [0.717, 1.165) is 17.9 Å². The summed E-state index contributed by atoms with van der Waals surface area (Å²) in [6.07, 6.45) is 0.976. The lowest BCUT2D eigenvalue weighted by Gasteiger charge is -2.08. The Morgan fingerprint density at radius 1 is 1.26 bits per heavy atom. The summed E-state index contributed by atoms with van der Waals surface area (Å²) in [5.41, 5.74) is 1.28. The minimum atomic E-state index is 0.392. The summed E-state index contributed by atoms with van der Waals surface area (Å²) in [6.45, 7) is 2.77. The van der Waals surface area contributed by atoms with E-state index < -0.39 is 0 Å². The van der Waals surface area contributed by atoms with Crippen molar-refractivity contribution in [3.05, 3.63) is 48.2 Å². The molecule has 0 saturated carbocycles. The van der Waals surface area contributed by atoms with Crippen molar-refractivity contribution >= 4 is 11.5 Å². The Bertz CT molecular complexity index is 590. The van der Waals surface area contributed by atoms with Crippen LogP contribution in [0.3, 0.4) is 0 Å². The van der Waals surface area contributed by atoms with Crippen LogP contribution in [0.1, 0.15) is 19.0 Å². The standard InChI is InChI=1S/C15H15N3O/c1-2-9-19-14-7-3-5-12(10-14)17-15-8-4-6-13(11-16)18-15/h3-8,10H,2,9H2,1H3,(H,17,18). The SMILES string of the molecule is CCCOc1cccc(Nc2cccc(C#N)n2)c1. The van der Waals surface area contributed by atoms with Crippen LogP contribution in [-0.2, 0) is 0 Å². The zero-order valence-electron chi connectivity index (χ0n) is 10.8. The average molecular weight is 253 g/mol. The molecule has 0 atom stereocenters. The van der Waals surface area contributed by atoms with Crippen LogP contribution in [0.5, 0.6) is 5.75 Å². The minimum absolute atomic E-state index is 0.392. The highest BCUT2D eigenvalue weighted by Crippen LogP contribution is 2.20. The summed E-state index contributed by atoms with van der Waals surface area (Å²) in [4.78, 5) is 4.17. The second-order valence-corrected chi connectivity index (χ2v) is 4.02. The molecule has 96 valence electrons. The van der Waals surface area contributed by atoms with Gasteiger partial charge in [-0.25, -0.2) is 4.98 Å². The normalized spacial score (nSPS) is 9.68. The highest BCUT2D eigenvalue weighted by molar-refractivity contribution is 5.58. The molecule has 2 aromatic rings. The smallest absolute Gasteiger partial charge is 0.142 e. The van der Waals surface area contributed by atoms with E-state index in [0.29, 0.717) is 18.1 Å². The van der Waals surface area contributed by atoms with Crippen molar-refractivity contribution in [1.29, 1.82) is 5.26 Å². The van der Waals surface area contributed by atoms with E-state index in [1.807, 2.05) is 36.4 Å². The molecule has 0 aliphatic heterocycles. The number of nitrogens with zero attached hydrogens (tertiary/aromatic N) is 2. The Morgan fingerprint density at radius 3 is 2.89 bits per heavy atom. The molecule has 0 saturated heterocycles. The van der Waals surface area contributed by atoms with Gasteiger partial charge in [0.2, 0.25) is 0 Å². The molecule has 4 heteroatoms. The van der Waals surface area contributed by atoms with Crippen LogP contribution >= 0.6 is 0 Å². The molecular weight excluding hydrogens is 238 g/mol. The number of nitrogens with one attached hydrogen (secondary N) is 1. The molecule has 1 aromatic carbocycles. The van der Waals surface area contributed by atoms with E-state index in [9.17, 15) is 0 Å². The first kappa shape index (κ1) is 12.9. The number of hydrogen-bond donors (Lipinski definition) is 1. The Morgan fingerprint density at radius 2 is 2.11 bits per heavy atom. The summed E-state index contributed by atoms with van der Waals surface area (Å²) in [5.74, 6) is 1.47. The maximum absolute atomic E-state index is 8.81. The highest BCUT2D eigenvalue weighted by atomic mass is 16.5. The van der Waals surface area contributed by atoms with Crippen LogP contribution in [0.4, 0.5) is 11.5 Å². The molecule has 0 radical (unpaired) electrons. The Hall–Kier alpha value is -2.54. The number of ether oxygens (including phenoxy) is 1. The first-order valence-corrected chi connectivity index (χ1v) is 6.19. The third-order valence-corrected chi connectivity index (χ3v) is 2.44. The Balaban J connectivity index is 2.12. The molecule has 19 heavy (non-hydrogen) atoms. The van der Waals surface area contributed by atoms with Gasteiger partial charge in [0.05, 0.1) is 6.61 Å². The number of pyridine rings is 1. The number of nitriles is 1. The molecule has 1 heterocycles. The number of benzene rings is 1. The monoisotopic (exact) mass is 253 g/mol. The molecule has 0 fully saturated rings. The molecule has 0 bridgehead atoms. The first-order chi connectivity index (χ1) is 9.31. The fraction of sp³-hybridized carbons (Fsp3) is 0.200. The lowest BCUT2D eigenvalue weighted by atomic mass is 10.3. The summed E-state index contributed by atoms with van der Waals surface area (Å²) in [7, 11) is 0. The van der Waals surface area contributed by atoms with Crippen molar-refractivity contribution in [2.45, 2.75) is 13.3 Å². The third kappa shape index (κ3) is 3.71. The van der Waals surface area contributed by atoms with Crippen LogP contribution < -0.4 is 10.1 Å². The average Bonchev–Trinajstić information content (AvgIpc) is 2.46. The predicted molar refractivity (Wildman–Crippen MR) is 74.5 cm³/mol. The van der Waals surface area contributed by atoms with E-state index in [2.05, 4.69) is 17.2 Å². The van der Waals surface area contributed by atoms with Crippen molar-refractivity contribution in [1.82, 2.24) is 4.98 Å². The zero-order valence-corrected chi connectivity index (χ0v) is 10.8. The Kier molecular flexibility index (Phi) is 4.35. The molecule has 0 unspecified atom stereocenters. The van der Waals surface area contributed by atoms with Crippen molar-refractivity contribution < 1.29 is 4.74 Å². The van der Waals surface area contributed by atoms with Gasteiger partial charge >= 0.3 is 0 Å². The second kappa shape index (κ2) is 6.41. The molecule has 0 aliphatic carbocycles. The van der Waals surface area contributed by atoms with Crippen molar-refractivity contribution in [2.24, 2.45) is 0 Å². The van der Waals surface area contributed by atoms with Gasteiger partial charge in [-0.15, -0.1) is 0 Å². The maximum Gasteiger partial charge on any atom is 0.142 e. The van der Waals surface area contributed by atoms with Crippen LogP contribution in [0.25, 0.3) is 0 Å². The summed E-state index contributed by atoms with van der Waals surface area (Å²) in [5, 5.41) is 12.0. The fourth-order valence-corrected chi connectivity index (χ4v) is 1.60. The second-order valence-electron chi connectivity index (χ2n) is 4.02. The van der Waals surface area contributed by atoms with Crippen LogP contribution in [0, 0.1) is 11.3 Å². The molecule has 0 amide bonds. The van der Waals surface area contributed by atoms with Crippen LogP contribution in [-0.4, -0.2) is 11.6 Å². The molecule has 1 aromatic heterocycles. The van der Waals surface area contributed by atoms with E-state index in [1.165, 1.54) is 0 Å². The van der Waals surface area contributed by atoms with Crippen molar-refractivity contribution in [2.75, 3.05) is 11.9 Å². The lowest BCUT2D eigenvalue weighted by Crippen LogP contribution is -1.97. The molecule has 0 spiro atoms. The lowest BCUT2D eigenvalue weighted by molar-refractivity contribution is 0.317. The van der Waals surface area contributed by atoms with Gasteiger partial charge in [0.1, 0.15) is 23.3 Å². The van der Waals surface area contributed by atoms with Crippen molar-refractivity contribution in [3.63, 3.8) is 0 Å². The number of aromatic nitrogens is 1. The molecule has 1 N–H and O–H groups in total. The molecule has 0 aliphatic rings. The van der Waals surface area contributed by atoms with Crippen LogP contribution in [0.2, 0.25) is 0 Å². The van der Waals surface area contributed by atoms with Gasteiger partial charge in [-0.05, 0) is 30.7 Å². The largest absolute Gasteiger partial charge is 0.494 e. The van der Waals surface area contributed by atoms with Gasteiger partial charge in [0, 0.05) is 11.8 Å². The molecule has 4 nitrogen and oxygen atoms in total. The summed E-state index contributed by atoms with van der Waals surface area (Å²) < 4.78 is 5.57. The van der Waals surface area contributed by atoms with E-state index in [-0.39, 0.29) is 0 Å². The quantitative estimate of drug-likeness (QED) is 0.886. The van der Waals surface area contributed by atoms with Crippen molar-refractivity contribution in [3.8, 4) is 11.8 Å². The van der Waals surface area contributed by atoms with Gasteiger partial charge in [0.25, 0.3) is 0 Å². The summed E-state index contributed by atoms with van der Waals surface area (Å²) in [6, 6.07) is 15.0. The Labute approximate surface area is 112 Å². The van der Waals surface area contributed by atoms with Gasteiger partial charge in [0.15, 0.2) is 0 Å². The zero-order chi connectivity index (χ0) is 13.5. The highest BCUT2D eigenvalue weighted by Gasteiger charge is 2.00. The number of rotatable bonds is 5. The predicted octanol–water partition coefficient (Wildman–Crippen LogP) is 3.49. The van der Waals surface area contributed by atoms with Crippen LogP contribution in [0.15, 0.2) is 42.5 Å². The third-order valence-electron chi connectivity index (χ3n) is 2.44. The molecule has 2 rings (SSSR count). The van der Waals surface area contributed by atoms with Gasteiger partial charge in [-0.3, -0.25) is 0 Å². The number of anilines is 2. The van der Waals surface area contributed by atoms with Gasteiger partial charge in [-0.1, -0.05) is 19.1 Å². The fourth-order valence-electron chi connectivity index (χ4n) is 1.60.